The van der Waals surface area contributed by atoms with Gasteiger partial charge >= 0.3 is 0 Å². The Morgan fingerprint density at radius 3 is 2.95 bits per heavy atom. The number of carbonyl (C=O) groups excluding carboxylic acids is 1. The van der Waals surface area contributed by atoms with Gasteiger partial charge in [0.25, 0.3) is 0 Å². The molecule has 1 fully saturated rings. The smallest absolute Gasteiger partial charge is 0.234 e. The first-order valence-electron chi connectivity index (χ1n) is 7.82. The third-order valence-electron chi connectivity index (χ3n) is 4.32. The molecule has 1 N–H and O–H groups in total. The molecule has 1 aliphatic heterocycles. The van der Waals surface area contributed by atoms with Gasteiger partial charge in [0.15, 0.2) is 0 Å². The Morgan fingerprint density at radius 1 is 1.32 bits per heavy atom. The number of aryl methyl sites for hydroxylation is 1. The van der Waals surface area contributed by atoms with Crippen LogP contribution in [0.4, 0.5) is 0 Å². The quantitative estimate of drug-likeness (QED) is 0.916. The highest BCUT2D eigenvalue weighted by Gasteiger charge is 2.27. The molecule has 2 heterocycles. The van der Waals surface area contributed by atoms with Crippen LogP contribution < -0.4 is 5.32 Å². The lowest BCUT2D eigenvalue weighted by atomic mass is 10.1. The van der Waals surface area contributed by atoms with Crippen molar-refractivity contribution in [2.24, 2.45) is 0 Å². The Bertz CT molecular complexity index is 624. The van der Waals surface area contributed by atoms with E-state index in [0.29, 0.717) is 19.1 Å². The molecule has 0 spiro atoms. The van der Waals surface area contributed by atoms with E-state index < -0.39 is 0 Å². The molecule has 0 radical (unpaired) electrons. The van der Waals surface area contributed by atoms with Gasteiger partial charge in [-0.1, -0.05) is 30.3 Å². The lowest BCUT2D eigenvalue weighted by Crippen LogP contribution is -2.36. The summed E-state index contributed by atoms with van der Waals surface area (Å²) in [6.07, 6.45) is 2.33. The molecule has 22 heavy (non-hydrogen) atoms. The van der Waals surface area contributed by atoms with Crippen LogP contribution >= 0.6 is 11.3 Å². The zero-order valence-electron chi connectivity index (χ0n) is 12.9. The number of amides is 1. The number of likely N-dealkylation sites (tertiary alicyclic amines) is 1. The van der Waals surface area contributed by atoms with Crippen molar-refractivity contribution in [1.82, 2.24) is 10.2 Å². The van der Waals surface area contributed by atoms with Crippen molar-refractivity contribution in [1.29, 1.82) is 0 Å². The number of benzene rings is 1. The van der Waals surface area contributed by atoms with Crippen LogP contribution in [0.15, 0.2) is 41.8 Å². The molecule has 1 atom stereocenters. The largest absolute Gasteiger partial charge is 0.351 e. The summed E-state index contributed by atoms with van der Waals surface area (Å²) in [6, 6.07) is 12.9. The Kier molecular flexibility index (Phi) is 4.90. The summed E-state index contributed by atoms with van der Waals surface area (Å²) in [5.41, 5.74) is 2.41. The summed E-state index contributed by atoms with van der Waals surface area (Å²) in [4.78, 5) is 15.9. The number of hydrogen-bond donors (Lipinski definition) is 1. The molecular weight excluding hydrogens is 292 g/mol. The van der Waals surface area contributed by atoms with Crippen LogP contribution in [0, 0.1) is 6.92 Å². The Labute approximate surface area is 136 Å². The molecule has 2 aromatic rings. The molecule has 1 aromatic carbocycles. The molecule has 3 rings (SSSR count). The molecule has 116 valence electrons. The molecule has 1 saturated heterocycles. The summed E-state index contributed by atoms with van der Waals surface area (Å²) in [5, 5.41) is 5.17. The maximum absolute atomic E-state index is 12.2. The van der Waals surface area contributed by atoms with Crippen molar-refractivity contribution >= 4 is 17.2 Å². The number of nitrogens with one attached hydrogen (secondary N) is 1. The minimum atomic E-state index is 0.117. The van der Waals surface area contributed by atoms with Gasteiger partial charge in [-0.15, -0.1) is 11.3 Å². The van der Waals surface area contributed by atoms with E-state index in [9.17, 15) is 4.79 Å². The van der Waals surface area contributed by atoms with Gasteiger partial charge in [-0.05, 0) is 48.9 Å². The van der Waals surface area contributed by atoms with E-state index in [1.807, 2.05) is 12.1 Å². The Hall–Kier alpha value is -1.65. The number of thiophene rings is 1. The molecule has 3 nitrogen and oxygen atoms in total. The average Bonchev–Trinajstić information content (AvgIpc) is 3.17. The van der Waals surface area contributed by atoms with Gasteiger partial charge < -0.3 is 5.32 Å². The van der Waals surface area contributed by atoms with E-state index in [1.165, 1.54) is 22.4 Å². The van der Waals surface area contributed by atoms with Crippen molar-refractivity contribution in [2.45, 2.75) is 32.4 Å². The second-order valence-corrected chi connectivity index (χ2v) is 6.83. The van der Waals surface area contributed by atoms with E-state index in [4.69, 9.17) is 0 Å². The van der Waals surface area contributed by atoms with Gasteiger partial charge in [0.2, 0.25) is 5.91 Å². The summed E-state index contributed by atoms with van der Waals surface area (Å²) >= 11 is 1.79. The van der Waals surface area contributed by atoms with Crippen molar-refractivity contribution in [3.63, 3.8) is 0 Å². The van der Waals surface area contributed by atoms with Gasteiger partial charge in [-0.25, -0.2) is 0 Å². The summed E-state index contributed by atoms with van der Waals surface area (Å²) in [7, 11) is 0. The van der Waals surface area contributed by atoms with Crippen LogP contribution in [0.2, 0.25) is 0 Å². The van der Waals surface area contributed by atoms with E-state index in [0.717, 1.165) is 13.0 Å². The highest BCUT2D eigenvalue weighted by Crippen LogP contribution is 2.33. The van der Waals surface area contributed by atoms with E-state index >= 15 is 0 Å². The average molecular weight is 314 g/mol. The topological polar surface area (TPSA) is 32.3 Å². The number of rotatable bonds is 5. The normalized spacial score (nSPS) is 18.5. The van der Waals surface area contributed by atoms with E-state index in [1.54, 1.807) is 11.3 Å². The molecular formula is C18H22N2OS. The molecule has 1 aromatic heterocycles. The first-order chi connectivity index (χ1) is 10.7. The van der Waals surface area contributed by atoms with Gasteiger partial charge in [-0.3, -0.25) is 9.69 Å². The monoisotopic (exact) mass is 314 g/mol. The Morgan fingerprint density at radius 2 is 2.18 bits per heavy atom. The van der Waals surface area contributed by atoms with Gasteiger partial charge in [0.05, 0.1) is 6.54 Å². The number of carbonyl (C=O) groups is 1. The van der Waals surface area contributed by atoms with Gasteiger partial charge in [0.1, 0.15) is 0 Å². The van der Waals surface area contributed by atoms with Crippen LogP contribution in [-0.4, -0.2) is 23.9 Å². The van der Waals surface area contributed by atoms with Crippen LogP contribution in [-0.2, 0) is 11.3 Å². The fourth-order valence-corrected chi connectivity index (χ4v) is 3.96. The zero-order chi connectivity index (χ0) is 15.4. The predicted octanol–water partition coefficient (Wildman–Crippen LogP) is 3.51. The van der Waals surface area contributed by atoms with E-state index in [2.05, 4.69) is 46.8 Å². The molecule has 1 aliphatic rings. The van der Waals surface area contributed by atoms with Gasteiger partial charge in [0, 0.05) is 17.5 Å². The molecule has 4 heteroatoms. The standard InChI is InChI=1S/C18H22N2OS/c1-14-6-2-3-7-15(14)12-19-18(21)13-20-10-4-8-16(20)17-9-5-11-22-17/h2-3,5-7,9,11,16H,4,8,10,12-13H2,1H3,(H,19,21). The third-order valence-corrected chi connectivity index (χ3v) is 5.29. The second kappa shape index (κ2) is 7.07. The van der Waals surface area contributed by atoms with Crippen molar-refractivity contribution in [3.05, 3.63) is 57.8 Å². The highest BCUT2D eigenvalue weighted by atomic mass is 32.1. The molecule has 0 aliphatic carbocycles. The fraction of sp³-hybridized carbons (Fsp3) is 0.389. The SMILES string of the molecule is Cc1ccccc1CNC(=O)CN1CCCC1c1cccs1. The Balaban J connectivity index is 1.54. The predicted molar refractivity (Wildman–Crippen MR) is 90.9 cm³/mol. The number of hydrogen-bond acceptors (Lipinski definition) is 3. The highest BCUT2D eigenvalue weighted by molar-refractivity contribution is 7.10. The van der Waals surface area contributed by atoms with Crippen molar-refractivity contribution < 1.29 is 4.79 Å². The maximum atomic E-state index is 12.2. The second-order valence-electron chi connectivity index (χ2n) is 5.85. The minimum Gasteiger partial charge on any atom is -0.351 e. The van der Waals surface area contributed by atoms with Crippen LogP contribution in [0.25, 0.3) is 0 Å². The summed E-state index contributed by atoms with van der Waals surface area (Å²) in [6.45, 7) is 4.20. The van der Waals surface area contributed by atoms with Crippen molar-refractivity contribution in [3.8, 4) is 0 Å². The first-order valence-corrected chi connectivity index (χ1v) is 8.70. The third kappa shape index (κ3) is 3.57. The van der Waals surface area contributed by atoms with Gasteiger partial charge in [-0.2, -0.15) is 0 Å². The molecule has 1 unspecified atom stereocenters. The lowest BCUT2D eigenvalue weighted by Gasteiger charge is -2.23. The van der Waals surface area contributed by atoms with Crippen molar-refractivity contribution in [2.75, 3.05) is 13.1 Å². The lowest BCUT2D eigenvalue weighted by molar-refractivity contribution is -0.122. The minimum absolute atomic E-state index is 0.117. The zero-order valence-corrected chi connectivity index (χ0v) is 13.7. The maximum Gasteiger partial charge on any atom is 0.234 e. The molecule has 0 saturated carbocycles. The first kappa shape index (κ1) is 15.3. The van der Waals surface area contributed by atoms with Crippen LogP contribution in [0.5, 0.6) is 0 Å². The number of nitrogens with zero attached hydrogens (tertiary/aromatic N) is 1. The summed E-state index contributed by atoms with van der Waals surface area (Å²) < 4.78 is 0. The summed E-state index contributed by atoms with van der Waals surface area (Å²) in [5.74, 6) is 0.117. The molecule has 0 bridgehead atoms. The van der Waals surface area contributed by atoms with Crippen LogP contribution in [0.3, 0.4) is 0 Å². The molecule has 1 amide bonds. The van der Waals surface area contributed by atoms with E-state index in [-0.39, 0.29) is 5.91 Å². The van der Waals surface area contributed by atoms with Crippen LogP contribution in [0.1, 0.15) is 34.9 Å². The fourth-order valence-electron chi connectivity index (χ4n) is 3.06.